The van der Waals surface area contributed by atoms with Gasteiger partial charge in [0.05, 0.1) is 5.92 Å². The summed E-state index contributed by atoms with van der Waals surface area (Å²) in [5.74, 6) is 1.95. The monoisotopic (exact) mass is 221 g/mol. The van der Waals surface area contributed by atoms with Gasteiger partial charge < -0.3 is 14.6 Å². The smallest absolute Gasteiger partial charge is 0.241 e. The Hall–Kier alpha value is -1.52. The van der Waals surface area contributed by atoms with Gasteiger partial charge in [0.25, 0.3) is 0 Å². The summed E-state index contributed by atoms with van der Waals surface area (Å²) in [6, 6.07) is 0. The normalized spacial score (nSPS) is 21.8. The summed E-state index contributed by atoms with van der Waals surface area (Å²) in [7, 11) is 0. The van der Waals surface area contributed by atoms with Gasteiger partial charge in [0, 0.05) is 6.42 Å². The number of nitrogens with zero attached hydrogens (tertiary/aromatic N) is 2. The number of H-pyrrole nitrogens is 1. The zero-order chi connectivity index (χ0) is 11.0. The van der Waals surface area contributed by atoms with Gasteiger partial charge in [-0.05, 0) is 6.42 Å². The first-order valence-electron chi connectivity index (χ1n) is 5.80. The van der Waals surface area contributed by atoms with Gasteiger partial charge in [-0.1, -0.05) is 18.5 Å². The minimum atomic E-state index is 0.270. The van der Waals surface area contributed by atoms with Crippen molar-refractivity contribution in [2.24, 2.45) is 11.1 Å². The Morgan fingerprint density at radius 1 is 1.44 bits per heavy atom. The lowest BCUT2D eigenvalue weighted by Crippen LogP contribution is -2.27. The second kappa shape index (κ2) is 3.81. The summed E-state index contributed by atoms with van der Waals surface area (Å²) in [6.45, 7) is 3.42. The molecule has 1 aromatic rings. The number of rotatable bonds is 3. The first kappa shape index (κ1) is 9.69. The zero-order valence-corrected chi connectivity index (χ0v) is 9.32. The molecule has 5 nitrogen and oxygen atoms in total. The highest BCUT2D eigenvalue weighted by Gasteiger charge is 2.34. The van der Waals surface area contributed by atoms with E-state index < -0.39 is 0 Å². The fourth-order valence-corrected chi connectivity index (χ4v) is 2.05. The van der Waals surface area contributed by atoms with E-state index in [4.69, 9.17) is 9.57 Å². The molecule has 2 aliphatic heterocycles. The molecule has 0 saturated carbocycles. The molecule has 3 heterocycles. The number of fused-ring (bicyclic) bond motifs is 3. The molecule has 0 aliphatic carbocycles. The molecule has 0 aromatic carbocycles. The van der Waals surface area contributed by atoms with E-state index in [1.165, 1.54) is 6.42 Å². The first-order valence-corrected chi connectivity index (χ1v) is 5.80. The Morgan fingerprint density at radius 3 is 3.25 bits per heavy atom. The van der Waals surface area contributed by atoms with Crippen LogP contribution in [-0.2, 0) is 11.3 Å². The fourth-order valence-electron chi connectivity index (χ4n) is 2.05. The van der Waals surface area contributed by atoms with Crippen LogP contribution in [-0.4, -0.2) is 28.9 Å². The third-order valence-electron chi connectivity index (χ3n) is 2.99. The van der Waals surface area contributed by atoms with E-state index in [1.807, 2.05) is 0 Å². The van der Waals surface area contributed by atoms with Gasteiger partial charge in [-0.3, -0.25) is 0 Å². The van der Waals surface area contributed by atoms with Crippen LogP contribution in [0.5, 0.6) is 5.88 Å². The van der Waals surface area contributed by atoms with E-state index in [2.05, 4.69) is 22.0 Å². The highest BCUT2D eigenvalue weighted by molar-refractivity contribution is 6.03. The maximum Gasteiger partial charge on any atom is 0.241 e. The van der Waals surface area contributed by atoms with Crippen LogP contribution in [0.15, 0.2) is 5.16 Å². The van der Waals surface area contributed by atoms with Gasteiger partial charge in [0.2, 0.25) is 5.88 Å². The molecule has 1 unspecified atom stereocenters. The van der Waals surface area contributed by atoms with Crippen LogP contribution in [0.2, 0.25) is 0 Å². The number of hydrogen-bond donors (Lipinski definition) is 1. The number of imidazole rings is 1. The SMILES string of the molecule is CCCCc1nc2c([nH]1)C1=NOCC1CO2. The quantitative estimate of drug-likeness (QED) is 0.841. The number of unbranched alkanes of at least 4 members (excludes halogenated alkanes) is 1. The number of ether oxygens (including phenoxy) is 1. The van der Waals surface area contributed by atoms with Crippen LogP contribution in [0, 0.1) is 5.92 Å². The molecule has 0 amide bonds. The topological polar surface area (TPSA) is 59.5 Å². The van der Waals surface area contributed by atoms with Crippen molar-refractivity contribution in [3.63, 3.8) is 0 Å². The van der Waals surface area contributed by atoms with Crippen molar-refractivity contribution >= 4 is 5.71 Å². The standard InChI is InChI=1S/C11H15N3O2/c1-2-3-4-8-12-10-9-7(6-16-14-9)5-15-11(10)13-8/h7H,2-6H2,1H3,(H,12,13). The van der Waals surface area contributed by atoms with Crippen molar-refractivity contribution in [1.82, 2.24) is 9.97 Å². The summed E-state index contributed by atoms with van der Waals surface area (Å²) < 4.78 is 5.59. The minimum Gasteiger partial charge on any atom is -0.475 e. The molecule has 1 N–H and O–H groups in total. The molecule has 0 radical (unpaired) electrons. The van der Waals surface area contributed by atoms with Crippen molar-refractivity contribution in [3.05, 3.63) is 11.5 Å². The van der Waals surface area contributed by atoms with Crippen molar-refractivity contribution in [1.29, 1.82) is 0 Å². The molecule has 2 aliphatic rings. The average Bonchev–Trinajstić information content (AvgIpc) is 2.90. The van der Waals surface area contributed by atoms with Crippen LogP contribution in [0.25, 0.3) is 0 Å². The highest BCUT2D eigenvalue weighted by atomic mass is 16.6. The van der Waals surface area contributed by atoms with E-state index in [1.54, 1.807) is 0 Å². The molecule has 86 valence electrons. The number of hydrogen-bond acceptors (Lipinski definition) is 4. The van der Waals surface area contributed by atoms with Crippen LogP contribution in [0.4, 0.5) is 0 Å². The summed E-state index contributed by atoms with van der Waals surface area (Å²) in [4.78, 5) is 12.8. The third-order valence-corrected chi connectivity index (χ3v) is 2.99. The largest absolute Gasteiger partial charge is 0.475 e. The molecule has 5 heteroatoms. The molecule has 1 aromatic heterocycles. The molecule has 0 spiro atoms. The van der Waals surface area contributed by atoms with Crippen molar-refractivity contribution in [2.45, 2.75) is 26.2 Å². The predicted octanol–water partition coefficient (Wildman–Crippen LogP) is 1.50. The van der Waals surface area contributed by atoms with E-state index in [9.17, 15) is 0 Å². The molecular weight excluding hydrogens is 206 g/mol. The predicted molar refractivity (Wildman–Crippen MR) is 58.7 cm³/mol. The van der Waals surface area contributed by atoms with Gasteiger partial charge in [0.1, 0.15) is 30.4 Å². The Balaban J connectivity index is 1.88. The zero-order valence-electron chi connectivity index (χ0n) is 9.32. The molecule has 0 bridgehead atoms. The summed E-state index contributed by atoms with van der Waals surface area (Å²) >= 11 is 0. The summed E-state index contributed by atoms with van der Waals surface area (Å²) in [5, 5.41) is 4.06. The van der Waals surface area contributed by atoms with Crippen LogP contribution < -0.4 is 4.74 Å². The van der Waals surface area contributed by atoms with Crippen molar-refractivity contribution < 1.29 is 9.57 Å². The third kappa shape index (κ3) is 1.47. The lowest BCUT2D eigenvalue weighted by Gasteiger charge is -2.16. The summed E-state index contributed by atoms with van der Waals surface area (Å²) in [5.41, 5.74) is 1.89. The van der Waals surface area contributed by atoms with E-state index in [-0.39, 0.29) is 5.92 Å². The number of nitrogens with one attached hydrogen (secondary N) is 1. The van der Waals surface area contributed by atoms with Gasteiger partial charge >= 0.3 is 0 Å². The van der Waals surface area contributed by atoms with Crippen LogP contribution >= 0.6 is 0 Å². The van der Waals surface area contributed by atoms with Gasteiger partial charge in [-0.15, -0.1) is 0 Å². The number of aromatic amines is 1. The Morgan fingerprint density at radius 2 is 2.38 bits per heavy atom. The van der Waals surface area contributed by atoms with Gasteiger partial charge in [-0.25, -0.2) is 0 Å². The van der Waals surface area contributed by atoms with E-state index in [0.717, 1.165) is 30.1 Å². The molecule has 3 rings (SSSR count). The lowest BCUT2D eigenvalue weighted by molar-refractivity contribution is 0.135. The van der Waals surface area contributed by atoms with E-state index in [0.29, 0.717) is 19.1 Å². The van der Waals surface area contributed by atoms with Gasteiger partial charge in [-0.2, -0.15) is 4.98 Å². The maximum atomic E-state index is 5.59. The number of aryl methyl sites for hydroxylation is 1. The molecule has 0 saturated heterocycles. The lowest BCUT2D eigenvalue weighted by atomic mass is 10.0. The van der Waals surface area contributed by atoms with Crippen LogP contribution in [0.1, 0.15) is 31.3 Å². The Kier molecular flexibility index (Phi) is 2.31. The highest BCUT2D eigenvalue weighted by Crippen LogP contribution is 2.29. The molecular formula is C11H15N3O2. The Labute approximate surface area is 93.8 Å². The van der Waals surface area contributed by atoms with Gasteiger partial charge in [0.15, 0.2) is 0 Å². The maximum absolute atomic E-state index is 5.59. The molecule has 0 fully saturated rings. The second-order valence-corrected chi connectivity index (χ2v) is 4.25. The average molecular weight is 221 g/mol. The van der Waals surface area contributed by atoms with Crippen LogP contribution in [0.3, 0.4) is 0 Å². The Bertz CT molecular complexity index is 425. The summed E-state index contributed by atoms with van der Waals surface area (Å²) in [6.07, 6.45) is 3.27. The minimum absolute atomic E-state index is 0.270. The molecule has 1 atom stereocenters. The van der Waals surface area contributed by atoms with E-state index >= 15 is 0 Å². The number of aromatic nitrogens is 2. The second-order valence-electron chi connectivity index (χ2n) is 4.25. The van der Waals surface area contributed by atoms with Crippen molar-refractivity contribution in [2.75, 3.05) is 13.2 Å². The van der Waals surface area contributed by atoms with Crippen molar-refractivity contribution in [3.8, 4) is 5.88 Å². The number of oxime groups is 1. The molecule has 16 heavy (non-hydrogen) atoms. The fraction of sp³-hybridized carbons (Fsp3) is 0.636. The first-order chi connectivity index (χ1) is 7.88.